The van der Waals surface area contributed by atoms with E-state index in [2.05, 4.69) is 17.9 Å². The first-order chi connectivity index (χ1) is 12.1. The van der Waals surface area contributed by atoms with E-state index in [1.807, 2.05) is 0 Å². The second kappa shape index (κ2) is 10.0. The summed E-state index contributed by atoms with van der Waals surface area (Å²) in [4.78, 5) is 33.9. The minimum atomic E-state index is -1.86. The molecule has 0 aliphatic carbocycles. The van der Waals surface area contributed by atoms with Gasteiger partial charge in [-0.25, -0.2) is 4.79 Å². The lowest BCUT2D eigenvalue weighted by Crippen LogP contribution is -2.66. The van der Waals surface area contributed by atoms with Crippen LogP contribution < -0.4 is 11.1 Å². The van der Waals surface area contributed by atoms with Crippen LogP contribution >= 0.6 is 12.6 Å². The van der Waals surface area contributed by atoms with Crippen molar-refractivity contribution < 1.29 is 49.4 Å². The number of carboxylic acids is 2. The van der Waals surface area contributed by atoms with Crippen molar-refractivity contribution >= 4 is 30.5 Å². The van der Waals surface area contributed by atoms with Crippen LogP contribution in [0.15, 0.2) is 0 Å². The van der Waals surface area contributed by atoms with Crippen LogP contribution in [0.3, 0.4) is 0 Å². The Labute approximate surface area is 153 Å². The topological polar surface area (TPSA) is 209 Å². The lowest BCUT2D eigenvalue weighted by atomic mass is 9.96. The third-order valence-electron chi connectivity index (χ3n) is 3.66. The molecular weight excluding hydrogens is 376 g/mol. The maximum Gasteiger partial charge on any atom is 0.333 e. The zero-order chi connectivity index (χ0) is 20.0. The van der Waals surface area contributed by atoms with E-state index in [0.717, 1.165) is 0 Å². The highest BCUT2D eigenvalue weighted by Crippen LogP contribution is 2.24. The van der Waals surface area contributed by atoms with Gasteiger partial charge in [0.1, 0.15) is 24.4 Å². The quantitative estimate of drug-likeness (QED) is 0.176. The van der Waals surface area contributed by atoms with Crippen molar-refractivity contribution in [3.63, 3.8) is 0 Å². The largest absolute Gasteiger partial charge is 0.481 e. The summed E-state index contributed by atoms with van der Waals surface area (Å²) >= 11 is 3.85. The predicted octanol–water partition coefficient (Wildman–Crippen LogP) is -3.89. The summed E-state index contributed by atoms with van der Waals surface area (Å²) < 4.78 is 10.3. The highest BCUT2D eigenvalue weighted by atomic mass is 32.1. The molecule has 7 atom stereocenters. The van der Waals surface area contributed by atoms with Gasteiger partial charge in [-0.2, -0.15) is 12.6 Å². The molecule has 0 radical (unpaired) electrons. The fraction of sp³-hybridized carbons (Fsp3) is 0.769. The van der Waals surface area contributed by atoms with Gasteiger partial charge in [0.25, 0.3) is 0 Å². The van der Waals surface area contributed by atoms with Crippen molar-refractivity contribution in [2.45, 2.75) is 49.2 Å². The summed E-state index contributed by atoms with van der Waals surface area (Å²) in [5.74, 6) is -3.92. The maximum atomic E-state index is 11.9. The predicted molar refractivity (Wildman–Crippen MR) is 86.3 cm³/mol. The molecule has 0 aromatic carbocycles. The minimum Gasteiger partial charge on any atom is -0.481 e. The molecule has 1 amide bonds. The average molecular weight is 398 g/mol. The van der Waals surface area contributed by atoms with E-state index in [0.29, 0.717) is 0 Å². The zero-order valence-electron chi connectivity index (χ0n) is 13.5. The van der Waals surface area contributed by atoms with Crippen LogP contribution in [0.4, 0.5) is 0 Å². The van der Waals surface area contributed by atoms with E-state index < -0.39 is 73.7 Å². The molecule has 1 aliphatic rings. The maximum absolute atomic E-state index is 11.9. The summed E-state index contributed by atoms with van der Waals surface area (Å²) in [6.07, 6.45) is -9.13. The number of carboxylic acid groups (broad SMARTS) is 2. The van der Waals surface area contributed by atoms with Crippen molar-refractivity contribution in [3.8, 4) is 0 Å². The number of aliphatic hydroxyl groups is 3. The molecule has 150 valence electrons. The molecule has 0 unspecified atom stereocenters. The van der Waals surface area contributed by atoms with Crippen LogP contribution in [0, 0.1) is 0 Å². The number of carbonyl (C=O) groups excluding carboxylic acids is 1. The first-order valence-corrected chi connectivity index (χ1v) is 8.14. The van der Waals surface area contributed by atoms with Gasteiger partial charge in [0.2, 0.25) is 5.91 Å². The highest BCUT2D eigenvalue weighted by molar-refractivity contribution is 7.80. The van der Waals surface area contributed by atoms with Crippen LogP contribution in [0.25, 0.3) is 0 Å². The Morgan fingerprint density at radius 1 is 1.23 bits per heavy atom. The molecular formula is C13H22N2O10S. The molecule has 26 heavy (non-hydrogen) atoms. The van der Waals surface area contributed by atoms with Gasteiger partial charge in [0, 0.05) is 5.75 Å². The SMILES string of the molecule is N[C@@H](CS)C(=O)N[C@@H]1[C@@H](O[C@@H](CC(=O)O)C(=O)O)O[C@@H](CO)[C@H](O)[C@H]1O. The van der Waals surface area contributed by atoms with Crippen LogP contribution in [-0.2, 0) is 23.9 Å². The van der Waals surface area contributed by atoms with Crippen molar-refractivity contribution in [3.05, 3.63) is 0 Å². The van der Waals surface area contributed by atoms with E-state index in [-0.39, 0.29) is 5.75 Å². The van der Waals surface area contributed by atoms with Gasteiger partial charge in [0.15, 0.2) is 12.4 Å². The van der Waals surface area contributed by atoms with Crippen LogP contribution in [0.1, 0.15) is 6.42 Å². The fourth-order valence-electron chi connectivity index (χ4n) is 2.22. The number of aliphatic carboxylic acids is 2. The smallest absolute Gasteiger partial charge is 0.333 e. The minimum absolute atomic E-state index is 0.0421. The third-order valence-corrected chi connectivity index (χ3v) is 4.05. The van der Waals surface area contributed by atoms with E-state index >= 15 is 0 Å². The third kappa shape index (κ3) is 5.77. The number of aliphatic hydroxyl groups excluding tert-OH is 3. The van der Waals surface area contributed by atoms with Crippen molar-refractivity contribution in [1.82, 2.24) is 5.32 Å². The molecule has 0 aromatic rings. The normalized spacial score (nSPS) is 31.0. The number of hydrogen-bond donors (Lipinski definition) is 8. The molecule has 1 fully saturated rings. The molecule has 1 saturated heterocycles. The Hall–Kier alpha value is -1.48. The zero-order valence-corrected chi connectivity index (χ0v) is 14.4. The number of hydrogen-bond acceptors (Lipinski definition) is 10. The van der Waals surface area contributed by atoms with Gasteiger partial charge in [-0.1, -0.05) is 0 Å². The molecule has 8 N–H and O–H groups in total. The Kier molecular flexibility index (Phi) is 8.69. The average Bonchev–Trinajstić information content (AvgIpc) is 2.58. The van der Waals surface area contributed by atoms with Gasteiger partial charge < -0.3 is 46.1 Å². The van der Waals surface area contributed by atoms with E-state index in [1.165, 1.54) is 0 Å². The molecule has 0 saturated carbocycles. The molecule has 1 heterocycles. The molecule has 0 aromatic heterocycles. The molecule has 0 bridgehead atoms. The fourth-order valence-corrected chi connectivity index (χ4v) is 2.39. The lowest BCUT2D eigenvalue weighted by Gasteiger charge is -2.43. The first-order valence-electron chi connectivity index (χ1n) is 7.51. The Bertz CT molecular complexity index is 521. The summed E-state index contributed by atoms with van der Waals surface area (Å²) in [6.45, 7) is -0.744. The molecule has 1 aliphatic heterocycles. The number of amides is 1. The highest BCUT2D eigenvalue weighted by Gasteiger charge is 2.47. The van der Waals surface area contributed by atoms with Crippen molar-refractivity contribution in [1.29, 1.82) is 0 Å². The summed E-state index contributed by atoms with van der Waals surface area (Å²) in [6, 6.07) is -2.55. The number of ether oxygens (including phenoxy) is 2. The first kappa shape index (κ1) is 22.6. The van der Waals surface area contributed by atoms with Crippen LogP contribution in [0.2, 0.25) is 0 Å². The Balaban J connectivity index is 3.03. The summed E-state index contributed by atoms with van der Waals surface area (Å²) in [5, 5.41) is 49.4. The van der Waals surface area contributed by atoms with Crippen molar-refractivity contribution in [2.24, 2.45) is 5.73 Å². The molecule has 1 rings (SSSR count). The van der Waals surface area contributed by atoms with E-state index in [4.69, 9.17) is 25.4 Å². The van der Waals surface area contributed by atoms with Gasteiger partial charge in [-0.15, -0.1) is 0 Å². The van der Waals surface area contributed by atoms with E-state index in [1.54, 1.807) is 0 Å². The number of carbonyl (C=O) groups is 3. The molecule has 13 heteroatoms. The number of thiol groups is 1. The van der Waals surface area contributed by atoms with Crippen LogP contribution in [0.5, 0.6) is 0 Å². The van der Waals surface area contributed by atoms with Gasteiger partial charge in [0.05, 0.1) is 19.1 Å². The summed E-state index contributed by atoms with van der Waals surface area (Å²) in [7, 11) is 0. The monoisotopic (exact) mass is 398 g/mol. The summed E-state index contributed by atoms with van der Waals surface area (Å²) in [5.41, 5.74) is 5.50. The van der Waals surface area contributed by atoms with Gasteiger partial charge in [-0.3, -0.25) is 9.59 Å². The number of nitrogens with two attached hydrogens (primary N) is 1. The Morgan fingerprint density at radius 3 is 2.31 bits per heavy atom. The standard InChI is InChI=1S/C13H22N2O10S/c14-4(3-26)11(21)15-8-10(20)9(19)6(2-16)25-13(8)24-5(12(22)23)1-7(17)18/h4-6,8-10,13,16,19-20,26H,1-3,14H2,(H,15,21)(H,17,18)(H,22,23)/t4-,5-,6-,8-,9-,10-,13-/m0/s1. The number of rotatable bonds is 9. The molecule has 12 nitrogen and oxygen atoms in total. The van der Waals surface area contributed by atoms with Crippen LogP contribution in [-0.4, -0.2) is 98.5 Å². The van der Waals surface area contributed by atoms with Gasteiger partial charge in [-0.05, 0) is 0 Å². The Morgan fingerprint density at radius 2 is 1.85 bits per heavy atom. The van der Waals surface area contributed by atoms with E-state index in [9.17, 15) is 29.7 Å². The number of nitrogens with one attached hydrogen (secondary N) is 1. The lowest BCUT2D eigenvalue weighted by molar-refractivity contribution is -0.281. The molecule has 0 spiro atoms. The van der Waals surface area contributed by atoms with Crippen molar-refractivity contribution in [2.75, 3.05) is 12.4 Å². The van der Waals surface area contributed by atoms with Gasteiger partial charge >= 0.3 is 11.9 Å². The second-order valence-electron chi connectivity index (χ2n) is 5.59. The second-order valence-corrected chi connectivity index (χ2v) is 5.96.